The van der Waals surface area contributed by atoms with Crippen LogP contribution in [0.4, 0.5) is 5.69 Å². The Kier molecular flexibility index (Phi) is 3.87. The van der Waals surface area contributed by atoms with Crippen molar-refractivity contribution in [1.29, 1.82) is 0 Å². The van der Waals surface area contributed by atoms with E-state index in [9.17, 15) is 4.79 Å². The number of nitrogens with one attached hydrogen (secondary N) is 1. The Balaban J connectivity index is 2.11. The molecule has 0 aromatic heterocycles. The van der Waals surface area contributed by atoms with Crippen LogP contribution in [0, 0.1) is 0 Å². The van der Waals surface area contributed by atoms with Crippen molar-refractivity contribution in [3.63, 3.8) is 0 Å². The number of carbonyl (C=O) groups excluding carboxylic acids is 1. The summed E-state index contributed by atoms with van der Waals surface area (Å²) in [6.45, 7) is 7.08. The monoisotopic (exact) mass is 246 g/mol. The molecule has 1 atom stereocenters. The minimum atomic E-state index is -0.00143. The van der Waals surface area contributed by atoms with Gasteiger partial charge in [-0.05, 0) is 19.1 Å². The fraction of sp³-hybridized carbons (Fsp3) is 0.357. The minimum Gasteiger partial charge on any atom is -0.489 e. The molecule has 4 heteroatoms. The Hall–Kier alpha value is -1.97. The summed E-state index contributed by atoms with van der Waals surface area (Å²) in [4.78, 5) is 13.9. The minimum absolute atomic E-state index is 0.00143. The molecule has 2 rings (SSSR count). The maximum absolute atomic E-state index is 11.8. The number of hydrogen-bond acceptors (Lipinski definition) is 3. The highest BCUT2D eigenvalue weighted by Crippen LogP contribution is 2.32. The summed E-state index contributed by atoms with van der Waals surface area (Å²) >= 11 is 0. The van der Waals surface area contributed by atoms with Crippen molar-refractivity contribution >= 4 is 11.6 Å². The largest absolute Gasteiger partial charge is 0.489 e. The number of rotatable bonds is 4. The highest BCUT2D eigenvalue weighted by Gasteiger charge is 2.25. The molecule has 1 heterocycles. The van der Waals surface area contributed by atoms with Gasteiger partial charge in [0.05, 0.1) is 18.3 Å². The van der Waals surface area contributed by atoms with Crippen LogP contribution in [0.2, 0.25) is 0 Å². The average Bonchev–Trinajstić information content (AvgIpc) is 2.40. The second-order valence-electron chi connectivity index (χ2n) is 4.35. The van der Waals surface area contributed by atoms with Gasteiger partial charge in [0, 0.05) is 6.54 Å². The summed E-state index contributed by atoms with van der Waals surface area (Å²) in [5, 5.41) is 2.79. The predicted molar refractivity (Wildman–Crippen MR) is 72.0 cm³/mol. The molecule has 1 aromatic rings. The first-order chi connectivity index (χ1) is 8.72. The molecule has 0 radical (unpaired) electrons. The van der Waals surface area contributed by atoms with Crippen molar-refractivity contribution in [2.45, 2.75) is 13.0 Å². The normalized spacial score (nSPS) is 17.6. The first kappa shape index (κ1) is 12.5. The number of benzene rings is 1. The molecule has 1 aliphatic heterocycles. The molecule has 1 aliphatic rings. The van der Waals surface area contributed by atoms with Crippen LogP contribution in [0.5, 0.6) is 5.75 Å². The molecular weight excluding hydrogens is 228 g/mol. The van der Waals surface area contributed by atoms with Gasteiger partial charge in [-0.2, -0.15) is 0 Å². The van der Waals surface area contributed by atoms with Crippen molar-refractivity contribution < 1.29 is 9.53 Å². The van der Waals surface area contributed by atoms with Crippen LogP contribution in [0.25, 0.3) is 0 Å². The molecule has 0 spiro atoms. The molecule has 1 N–H and O–H groups in total. The lowest BCUT2D eigenvalue weighted by Crippen LogP contribution is -2.46. The Bertz CT molecular complexity index is 445. The van der Waals surface area contributed by atoms with Gasteiger partial charge in [-0.15, -0.1) is 6.58 Å². The van der Waals surface area contributed by atoms with Crippen LogP contribution in [0.1, 0.15) is 6.92 Å². The zero-order valence-electron chi connectivity index (χ0n) is 10.6. The zero-order chi connectivity index (χ0) is 13.0. The summed E-state index contributed by atoms with van der Waals surface area (Å²) < 4.78 is 5.64. The SMILES string of the molecule is C=CCNC(=O)CN1c2ccccc2OCC1C. The molecule has 96 valence electrons. The number of nitrogens with zero attached hydrogens (tertiary/aromatic N) is 1. The van der Waals surface area contributed by atoms with Crippen LogP contribution >= 0.6 is 0 Å². The maximum atomic E-state index is 11.8. The van der Waals surface area contributed by atoms with Gasteiger partial charge in [0.25, 0.3) is 0 Å². The molecule has 4 nitrogen and oxygen atoms in total. The van der Waals surface area contributed by atoms with E-state index in [0.717, 1.165) is 11.4 Å². The number of ether oxygens (including phenoxy) is 1. The van der Waals surface area contributed by atoms with Crippen LogP contribution in [0.15, 0.2) is 36.9 Å². The highest BCUT2D eigenvalue weighted by atomic mass is 16.5. The maximum Gasteiger partial charge on any atom is 0.239 e. The van der Waals surface area contributed by atoms with E-state index in [0.29, 0.717) is 19.7 Å². The molecule has 0 saturated heterocycles. The van der Waals surface area contributed by atoms with Gasteiger partial charge < -0.3 is 15.0 Å². The predicted octanol–water partition coefficient (Wildman–Crippen LogP) is 1.58. The lowest BCUT2D eigenvalue weighted by atomic mass is 10.1. The molecule has 0 aliphatic carbocycles. The zero-order valence-corrected chi connectivity index (χ0v) is 10.6. The summed E-state index contributed by atoms with van der Waals surface area (Å²) in [6, 6.07) is 7.98. The molecule has 0 saturated carbocycles. The van der Waals surface area contributed by atoms with Crippen LogP contribution < -0.4 is 15.0 Å². The third-order valence-electron chi connectivity index (χ3n) is 2.94. The molecule has 0 fully saturated rings. The topological polar surface area (TPSA) is 41.6 Å². The van der Waals surface area contributed by atoms with Gasteiger partial charge in [0.15, 0.2) is 0 Å². The summed E-state index contributed by atoms with van der Waals surface area (Å²) in [5.74, 6) is 0.838. The van der Waals surface area contributed by atoms with Gasteiger partial charge in [0.2, 0.25) is 5.91 Å². The molecule has 1 unspecified atom stereocenters. The van der Waals surface area contributed by atoms with Gasteiger partial charge >= 0.3 is 0 Å². The van der Waals surface area contributed by atoms with E-state index >= 15 is 0 Å². The van der Waals surface area contributed by atoms with E-state index < -0.39 is 0 Å². The van der Waals surface area contributed by atoms with E-state index in [1.165, 1.54) is 0 Å². The van der Waals surface area contributed by atoms with E-state index in [4.69, 9.17) is 4.74 Å². The lowest BCUT2D eigenvalue weighted by molar-refractivity contribution is -0.119. The van der Waals surface area contributed by atoms with E-state index in [-0.39, 0.29) is 11.9 Å². The second-order valence-corrected chi connectivity index (χ2v) is 4.35. The van der Waals surface area contributed by atoms with Crippen molar-refractivity contribution in [2.24, 2.45) is 0 Å². The molecule has 1 amide bonds. The number of para-hydroxylation sites is 2. The number of carbonyl (C=O) groups is 1. The summed E-state index contributed by atoms with van der Waals surface area (Å²) in [5.41, 5.74) is 0.977. The second kappa shape index (κ2) is 5.58. The Labute approximate surface area is 107 Å². The van der Waals surface area contributed by atoms with E-state index in [1.807, 2.05) is 24.3 Å². The highest BCUT2D eigenvalue weighted by molar-refractivity contribution is 5.82. The Morgan fingerprint density at radius 3 is 3.17 bits per heavy atom. The van der Waals surface area contributed by atoms with Crippen molar-refractivity contribution in [1.82, 2.24) is 5.32 Å². The third kappa shape index (κ3) is 2.64. The van der Waals surface area contributed by atoms with Gasteiger partial charge in [0.1, 0.15) is 12.4 Å². The molecular formula is C14H18N2O2. The molecule has 18 heavy (non-hydrogen) atoms. The van der Waals surface area contributed by atoms with E-state index in [2.05, 4.69) is 23.7 Å². The third-order valence-corrected chi connectivity index (χ3v) is 2.94. The summed E-state index contributed by atoms with van der Waals surface area (Å²) in [7, 11) is 0. The quantitative estimate of drug-likeness (QED) is 0.820. The first-order valence-corrected chi connectivity index (χ1v) is 6.08. The smallest absolute Gasteiger partial charge is 0.239 e. The van der Waals surface area contributed by atoms with Crippen molar-refractivity contribution in [3.8, 4) is 5.75 Å². The van der Waals surface area contributed by atoms with Gasteiger partial charge in [-0.3, -0.25) is 4.79 Å². The van der Waals surface area contributed by atoms with Crippen molar-refractivity contribution in [3.05, 3.63) is 36.9 Å². The molecule has 1 aromatic carbocycles. The van der Waals surface area contributed by atoms with Gasteiger partial charge in [-0.1, -0.05) is 18.2 Å². The van der Waals surface area contributed by atoms with Gasteiger partial charge in [-0.25, -0.2) is 0 Å². The summed E-state index contributed by atoms with van der Waals surface area (Å²) in [6.07, 6.45) is 1.68. The van der Waals surface area contributed by atoms with E-state index in [1.54, 1.807) is 6.08 Å². The molecule has 0 bridgehead atoms. The number of amides is 1. The fourth-order valence-electron chi connectivity index (χ4n) is 1.99. The average molecular weight is 246 g/mol. The number of anilines is 1. The number of fused-ring (bicyclic) bond motifs is 1. The van der Waals surface area contributed by atoms with Crippen LogP contribution in [-0.2, 0) is 4.79 Å². The number of hydrogen-bond donors (Lipinski definition) is 1. The fourth-order valence-corrected chi connectivity index (χ4v) is 1.99. The van der Waals surface area contributed by atoms with Crippen LogP contribution in [0.3, 0.4) is 0 Å². The van der Waals surface area contributed by atoms with Crippen molar-refractivity contribution in [2.75, 3.05) is 24.6 Å². The first-order valence-electron chi connectivity index (χ1n) is 6.08. The lowest BCUT2D eigenvalue weighted by Gasteiger charge is -2.36. The Morgan fingerprint density at radius 1 is 1.61 bits per heavy atom. The standard InChI is InChI=1S/C14H18N2O2/c1-3-8-15-14(17)9-16-11(2)10-18-13-7-5-4-6-12(13)16/h3-7,11H,1,8-10H2,2H3,(H,15,17). The van der Waals surface area contributed by atoms with Crippen LogP contribution in [-0.4, -0.2) is 31.6 Å². The Morgan fingerprint density at radius 2 is 2.39 bits per heavy atom.